The van der Waals surface area contributed by atoms with Crippen molar-refractivity contribution in [3.8, 4) is 0 Å². The lowest BCUT2D eigenvalue weighted by atomic mass is 9.97. The molecular formula is C19H28N2O4S. The lowest BCUT2D eigenvalue weighted by Crippen LogP contribution is -2.44. The molecule has 7 heteroatoms. The second-order valence-corrected chi connectivity index (χ2v) is 9.21. The van der Waals surface area contributed by atoms with Crippen molar-refractivity contribution in [1.82, 2.24) is 9.62 Å². The molecule has 2 saturated heterocycles. The van der Waals surface area contributed by atoms with Gasteiger partial charge in [0, 0.05) is 32.2 Å². The van der Waals surface area contributed by atoms with Gasteiger partial charge in [0.1, 0.15) is 0 Å². The molecule has 1 aromatic carbocycles. The molecule has 6 nitrogen and oxygen atoms in total. The Morgan fingerprint density at radius 1 is 1.23 bits per heavy atom. The maximum Gasteiger partial charge on any atom is 0.223 e. The number of nitrogens with one attached hydrogen (secondary N) is 1. The molecule has 0 unspecified atom stereocenters. The first-order valence-electron chi connectivity index (χ1n) is 9.37. The normalized spacial score (nSPS) is 22.4. The van der Waals surface area contributed by atoms with Gasteiger partial charge in [0.05, 0.1) is 11.9 Å². The van der Waals surface area contributed by atoms with Gasteiger partial charge in [-0.25, -0.2) is 12.7 Å². The molecule has 0 radical (unpaired) electrons. The predicted molar refractivity (Wildman–Crippen MR) is 100 cm³/mol. The minimum absolute atomic E-state index is 0.0234. The highest BCUT2D eigenvalue weighted by molar-refractivity contribution is 7.88. The Balaban J connectivity index is 1.49. The van der Waals surface area contributed by atoms with E-state index in [0.29, 0.717) is 32.5 Å². The predicted octanol–water partition coefficient (Wildman–Crippen LogP) is 1.83. The summed E-state index contributed by atoms with van der Waals surface area (Å²) in [6, 6.07) is 7.56. The van der Waals surface area contributed by atoms with E-state index in [-0.39, 0.29) is 23.7 Å². The molecule has 2 fully saturated rings. The van der Waals surface area contributed by atoms with E-state index in [0.717, 1.165) is 30.6 Å². The van der Waals surface area contributed by atoms with E-state index in [1.165, 1.54) is 4.31 Å². The third kappa shape index (κ3) is 4.84. The second kappa shape index (κ2) is 8.50. The third-order valence-corrected chi connectivity index (χ3v) is 7.17. The fourth-order valence-corrected chi connectivity index (χ4v) is 5.29. The largest absolute Gasteiger partial charge is 0.376 e. The van der Waals surface area contributed by atoms with Gasteiger partial charge in [-0.15, -0.1) is 0 Å². The number of aryl methyl sites for hydroxylation is 1. The molecule has 0 aliphatic carbocycles. The minimum atomic E-state index is -3.35. The van der Waals surface area contributed by atoms with Crippen molar-refractivity contribution in [2.24, 2.45) is 5.92 Å². The summed E-state index contributed by atoms with van der Waals surface area (Å²) in [6.45, 7) is 4.08. The highest BCUT2D eigenvalue weighted by atomic mass is 32.2. The van der Waals surface area contributed by atoms with Crippen molar-refractivity contribution in [2.45, 2.75) is 44.5 Å². The summed E-state index contributed by atoms with van der Waals surface area (Å²) in [7, 11) is -3.35. The maximum atomic E-state index is 12.7. The number of ether oxygens (including phenoxy) is 1. The van der Waals surface area contributed by atoms with E-state index < -0.39 is 10.0 Å². The van der Waals surface area contributed by atoms with Gasteiger partial charge in [-0.3, -0.25) is 4.79 Å². The monoisotopic (exact) mass is 380 g/mol. The molecule has 1 amide bonds. The zero-order valence-electron chi connectivity index (χ0n) is 15.3. The van der Waals surface area contributed by atoms with Crippen LogP contribution in [0.3, 0.4) is 0 Å². The molecule has 0 aromatic heterocycles. The number of piperidine rings is 1. The van der Waals surface area contributed by atoms with Gasteiger partial charge in [-0.05, 0) is 43.7 Å². The molecule has 1 atom stereocenters. The first-order chi connectivity index (χ1) is 12.5. The molecule has 0 spiro atoms. The maximum absolute atomic E-state index is 12.7. The molecule has 1 N–H and O–H groups in total. The van der Waals surface area contributed by atoms with Crippen LogP contribution >= 0.6 is 0 Å². The second-order valence-electron chi connectivity index (χ2n) is 7.24. The van der Waals surface area contributed by atoms with Crippen molar-refractivity contribution in [1.29, 1.82) is 0 Å². The van der Waals surface area contributed by atoms with Crippen molar-refractivity contribution in [3.05, 3.63) is 35.4 Å². The zero-order chi connectivity index (χ0) is 18.6. The topological polar surface area (TPSA) is 75.7 Å². The molecule has 3 rings (SSSR count). The fourth-order valence-electron chi connectivity index (χ4n) is 3.62. The smallest absolute Gasteiger partial charge is 0.223 e. The SMILES string of the molecule is Cc1ccccc1CS(=O)(=O)N1CCC(C(=O)NC[C@@H]2CCCO2)CC1. The summed E-state index contributed by atoms with van der Waals surface area (Å²) in [5.74, 6) is -0.0620. The van der Waals surface area contributed by atoms with Crippen LogP contribution in [-0.2, 0) is 25.3 Å². The van der Waals surface area contributed by atoms with Gasteiger partial charge >= 0.3 is 0 Å². The molecule has 2 heterocycles. The number of nitrogens with zero attached hydrogens (tertiary/aromatic N) is 1. The Bertz CT molecular complexity index is 721. The van der Waals surface area contributed by atoms with E-state index in [1.54, 1.807) is 0 Å². The van der Waals surface area contributed by atoms with Crippen molar-refractivity contribution >= 4 is 15.9 Å². The number of amides is 1. The van der Waals surface area contributed by atoms with Crippen molar-refractivity contribution in [3.63, 3.8) is 0 Å². The van der Waals surface area contributed by atoms with Crippen LogP contribution in [0.15, 0.2) is 24.3 Å². The van der Waals surface area contributed by atoms with Crippen LogP contribution in [-0.4, -0.2) is 51.0 Å². The number of sulfonamides is 1. The van der Waals surface area contributed by atoms with Gasteiger partial charge in [-0.1, -0.05) is 24.3 Å². The Kier molecular flexibility index (Phi) is 6.32. The summed E-state index contributed by atoms with van der Waals surface area (Å²) in [6.07, 6.45) is 3.33. The number of hydrogen-bond donors (Lipinski definition) is 1. The van der Waals surface area contributed by atoms with Gasteiger partial charge in [0.2, 0.25) is 15.9 Å². The average molecular weight is 381 g/mol. The number of benzene rings is 1. The van der Waals surface area contributed by atoms with Crippen molar-refractivity contribution < 1.29 is 17.9 Å². The highest BCUT2D eigenvalue weighted by Crippen LogP contribution is 2.23. The average Bonchev–Trinajstić information content (AvgIpc) is 3.15. The van der Waals surface area contributed by atoms with Gasteiger partial charge in [-0.2, -0.15) is 0 Å². The zero-order valence-corrected chi connectivity index (χ0v) is 16.1. The fraction of sp³-hybridized carbons (Fsp3) is 0.632. The lowest BCUT2D eigenvalue weighted by molar-refractivity contribution is -0.126. The van der Waals surface area contributed by atoms with Crippen LogP contribution in [0, 0.1) is 12.8 Å². The van der Waals surface area contributed by atoms with E-state index in [4.69, 9.17) is 4.74 Å². The minimum Gasteiger partial charge on any atom is -0.376 e. The molecular weight excluding hydrogens is 352 g/mol. The number of carbonyl (C=O) groups is 1. The molecule has 26 heavy (non-hydrogen) atoms. The van der Waals surface area contributed by atoms with Crippen LogP contribution in [0.4, 0.5) is 0 Å². The summed E-state index contributed by atoms with van der Waals surface area (Å²) in [5.41, 5.74) is 1.82. The number of hydrogen-bond acceptors (Lipinski definition) is 4. The molecule has 144 valence electrons. The Morgan fingerprint density at radius 3 is 2.62 bits per heavy atom. The third-order valence-electron chi connectivity index (χ3n) is 5.35. The van der Waals surface area contributed by atoms with Crippen LogP contribution in [0.1, 0.15) is 36.8 Å². The lowest BCUT2D eigenvalue weighted by Gasteiger charge is -2.31. The van der Waals surface area contributed by atoms with E-state index >= 15 is 0 Å². The number of carbonyl (C=O) groups excluding carboxylic acids is 1. The molecule has 0 bridgehead atoms. The van der Waals surface area contributed by atoms with Crippen LogP contribution in [0.5, 0.6) is 0 Å². The molecule has 2 aliphatic rings. The van der Waals surface area contributed by atoms with Gasteiger partial charge in [0.25, 0.3) is 0 Å². The summed E-state index contributed by atoms with van der Waals surface area (Å²) in [5, 5.41) is 2.96. The first kappa shape index (κ1) is 19.3. The standard InChI is InChI=1S/C19H28N2O4S/c1-15-5-2-3-6-17(15)14-26(23,24)21-10-8-16(9-11-21)19(22)20-13-18-7-4-12-25-18/h2-3,5-6,16,18H,4,7-14H2,1H3,(H,20,22)/t18-/m0/s1. The van der Waals surface area contributed by atoms with Gasteiger partial charge < -0.3 is 10.1 Å². The van der Waals surface area contributed by atoms with Crippen molar-refractivity contribution in [2.75, 3.05) is 26.2 Å². The van der Waals surface area contributed by atoms with Crippen LogP contribution in [0.25, 0.3) is 0 Å². The van der Waals surface area contributed by atoms with Crippen LogP contribution in [0.2, 0.25) is 0 Å². The van der Waals surface area contributed by atoms with Gasteiger partial charge in [0.15, 0.2) is 0 Å². The van der Waals surface area contributed by atoms with E-state index in [1.807, 2.05) is 31.2 Å². The summed E-state index contributed by atoms with van der Waals surface area (Å²) >= 11 is 0. The Hall–Kier alpha value is -1.44. The molecule has 1 aromatic rings. The molecule has 2 aliphatic heterocycles. The Morgan fingerprint density at radius 2 is 1.96 bits per heavy atom. The van der Waals surface area contributed by atoms with E-state index in [9.17, 15) is 13.2 Å². The highest BCUT2D eigenvalue weighted by Gasteiger charge is 2.31. The summed E-state index contributed by atoms with van der Waals surface area (Å²) < 4.78 is 32.4. The summed E-state index contributed by atoms with van der Waals surface area (Å²) in [4.78, 5) is 12.3. The quantitative estimate of drug-likeness (QED) is 0.817. The Labute approximate surface area is 156 Å². The number of rotatable bonds is 6. The van der Waals surface area contributed by atoms with Crippen LogP contribution < -0.4 is 5.32 Å². The first-order valence-corrected chi connectivity index (χ1v) is 11.0. The van der Waals surface area contributed by atoms with E-state index in [2.05, 4.69) is 5.32 Å². The molecule has 0 saturated carbocycles.